The molecule has 2 amide bonds. The lowest BCUT2D eigenvalue weighted by Crippen LogP contribution is -2.42. The Morgan fingerprint density at radius 1 is 1.12 bits per heavy atom. The Kier molecular flexibility index (Phi) is 7.19. The number of halogens is 1. The molecule has 1 atom stereocenters. The van der Waals surface area contributed by atoms with Crippen LogP contribution in [0.15, 0.2) is 46.7 Å². The predicted octanol–water partition coefficient (Wildman–Crippen LogP) is 2.56. The molecule has 140 valence electrons. The monoisotopic (exact) mass is 414 g/mol. The Morgan fingerprint density at radius 2 is 1.77 bits per heavy atom. The molecule has 6 nitrogen and oxygen atoms in total. The van der Waals surface area contributed by atoms with Crippen LogP contribution in [0.4, 0.5) is 0 Å². The van der Waals surface area contributed by atoms with Gasteiger partial charge in [0.1, 0.15) is 5.25 Å². The zero-order valence-corrected chi connectivity index (χ0v) is 16.5. The lowest BCUT2D eigenvalue weighted by atomic mass is 10.3. The molecule has 2 aromatic rings. The predicted molar refractivity (Wildman–Crippen MR) is 102 cm³/mol. The highest BCUT2D eigenvalue weighted by atomic mass is 35.5. The molecule has 0 fully saturated rings. The van der Waals surface area contributed by atoms with E-state index in [-0.39, 0.29) is 11.4 Å². The highest BCUT2D eigenvalue weighted by Crippen LogP contribution is 2.31. The molecule has 0 spiro atoms. The largest absolute Gasteiger partial charge is 0.348 e. The van der Waals surface area contributed by atoms with Gasteiger partial charge in [0.15, 0.2) is 9.84 Å². The third-order valence-corrected chi connectivity index (χ3v) is 7.05. The number of carbonyl (C=O) groups is 2. The fraction of sp³-hybridized carbons (Fsp3) is 0.294. The maximum atomic E-state index is 13.0. The van der Waals surface area contributed by atoms with Crippen LogP contribution in [-0.4, -0.2) is 33.3 Å². The molecular weight excluding hydrogens is 396 g/mol. The number of sulfone groups is 1. The Morgan fingerprint density at radius 3 is 2.35 bits per heavy atom. The van der Waals surface area contributed by atoms with Gasteiger partial charge in [-0.05, 0) is 42.1 Å². The molecule has 0 radical (unpaired) electrons. The Balaban J connectivity index is 2.21. The summed E-state index contributed by atoms with van der Waals surface area (Å²) in [5.41, 5.74) is 0. The number of thiophene rings is 1. The van der Waals surface area contributed by atoms with E-state index >= 15 is 0 Å². The van der Waals surface area contributed by atoms with Crippen LogP contribution in [0.2, 0.25) is 5.02 Å². The topological polar surface area (TPSA) is 92.3 Å². The molecule has 0 aliphatic rings. The van der Waals surface area contributed by atoms with E-state index in [2.05, 4.69) is 10.6 Å². The molecule has 1 aromatic carbocycles. The number of hydrogen-bond donors (Lipinski definition) is 2. The normalized spacial score (nSPS) is 12.4. The van der Waals surface area contributed by atoms with Gasteiger partial charge < -0.3 is 10.6 Å². The summed E-state index contributed by atoms with van der Waals surface area (Å²) in [5, 5.41) is 6.07. The maximum absolute atomic E-state index is 13.0. The molecule has 0 aliphatic carbocycles. The molecule has 0 bridgehead atoms. The second-order valence-corrected chi connectivity index (χ2v) is 9.02. The zero-order chi connectivity index (χ0) is 19.2. The van der Waals surface area contributed by atoms with Crippen LogP contribution in [0.1, 0.15) is 23.5 Å². The van der Waals surface area contributed by atoms with Crippen molar-refractivity contribution in [1.82, 2.24) is 10.6 Å². The van der Waals surface area contributed by atoms with E-state index in [0.29, 0.717) is 22.9 Å². The SMILES string of the molecule is CCCNC(=O)C(=O)NC[C@H](c1cccs1)S(=O)(=O)c1ccc(Cl)cc1. The van der Waals surface area contributed by atoms with Crippen molar-refractivity contribution in [2.45, 2.75) is 23.5 Å². The highest BCUT2D eigenvalue weighted by Gasteiger charge is 2.31. The van der Waals surface area contributed by atoms with E-state index in [1.54, 1.807) is 17.5 Å². The van der Waals surface area contributed by atoms with Gasteiger partial charge in [-0.25, -0.2) is 8.42 Å². The molecule has 0 saturated carbocycles. The lowest BCUT2D eigenvalue weighted by Gasteiger charge is -2.17. The van der Waals surface area contributed by atoms with E-state index in [4.69, 9.17) is 11.6 Å². The van der Waals surface area contributed by atoms with E-state index in [9.17, 15) is 18.0 Å². The van der Waals surface area contributed by atoms with Crippen LogP contribution < -0.4 is 10.6 Å². The van der Waals surface area contributed by atoms with Gasteiger partial charge in [0.05, 0.1) is 4.90 Å². The third-order valence-electron chi connectivity index (χ3n) is 3.57. The molecule has 2 rings (SSSR count). The van der Waals surface area contributed by atoms with Gasteiger partial charge in [-0.2, -0.15) is 0 Å². The van der Waals surface area contributed by atoms with Crippen LogP contribution in [0.25, 0.3) is 0 Å². The van der Waals surface area contributed by atoms with E-state index < -0.39 is 26.9 Å². The minimum Gasteiger partial charge on any atom is -0.348 e. The average Bonchev–Trinajstić information content (AvgIpc) is 3.14. The average molecular weight is 415 g/mol. The third kappa shape index (κ3) is 5.06. The molecule has 2 N–H and O–H groups in total. The quantitative estimate of drug-likeness (QED) is 0.681. The standard InChI is InChI=1S/C17H19ClN2O4S2/c1-2-9-19-16(21)17(22)20-11-15(14-4-3-10-25-14)26(23,24)13-7-5-12(18)6-8-13/h3-8,10,15H,2,9,11H2,1H3,(H,19,21)(H,20,22)/t15-/m1/s1. The Hall–Kier alpha value is -1.90. The van der Waals surface area contributed by atoms with Crippen molar-refractivity contribution < 1.29 is 18.0 Å². The molecule has 26 heavy (non-hydrogen) atoms. The summed E-state index contributed by atoms with van der Waals surface area (Å²) in [6.45, 7) is 2.04. The van der Waals surface area contributed by atoms with E-state index in [0.717, 1.165) is 0 Å². The number of benzene rings is 1. The first-order chi connectivity index (χ1) is 12.4. The van der Waals surface area contributed by atoms with Gasteiger partial charge in [0.2, 0.25) is 0 Å². The van der Waals surface area contributed by atoms with E-state index in [1.165, 1.54) is 35.6 Å². The Bertz CT molecular complexity index is 849. The van der Waals surface area contributed by atoms with Crippen LogP contribution in [0.3, 0.4) is 0 Å². The lowest BCUT2D eigenvalue weighted by molar-refractivity contribution is -0.139. The van der Waals surface area contributed by atoms with E-state index in [1.807, 2.05) is 6.92 Å². The van der Waals surface area contributed by atoms with Crippen molar-refractivity contribution in [2.24, 2.45) is 0 Å². The van der Waals surface area contributed by atoms with Crippen LogP contribution in [-0.2, 0) is 19.4 Å². The number of hydrogen-bond acceptors (Lipinski definition) is 5. The minimum atomic E-state index is -3.77. The second kappa shape index (κ2) is 9.16. The van der Waals surface area contributed by atoms with Gasteiger partial charge in [-0.3, -0.25) is 9.59 Å². The van der Waals surface area contributed by atoms with Gasteiger partial charge in [0.25, 0.3) is 0 Å². The number of nitrogens with one attached hydrogen (secondary N) is 2. The fourth-order valence-electron chi connectivity index (χ4n) is 2.21. The molecule has 1 heterocycles. The van der Waals surface area contributed by atoms with Gasteiger partial charge in [0, 0.05) is 23.0 Å². The molecule has 1 aromatic heterocycles. The molecular formula is C17H19ClN2O4S2. The summed E-state index contributed by atoms with van der Waals surface area (Å²) in [7, 11) is -3.77. The van der Waals surface area contributed by atoms with Crippen molar-refractivity contribution >= 4 is 44.6 Å². The Labute approximate surface area is 161 Å². The van der Waals surface area contributed by atoms with Crippen LogP contribution in [0.5, 0.6) is 0 Å². The zero-order valence-electron chi connectivity index (χ0n) is 14.1. The number of carbonyl (C=O) groups excluding carboxylic acids is 2. The summed E-state index contributed by atoms with van der Waals surface area (Å²) in [6, 6.07) is 9.27. The summed E-state index contributed by atoms with van der Waals surface area (Å²) < 4.78 is 26.0. The highest BCUT2D eigenvalue weighted by molar-refractivity contribution is 7.91. The van der Waals surface area contributed by atoms with Gasteiger partial charge in [-0.15, -0.1) is 11.3 Å². The van der Waals surface area contributed by atoms with Gasteiger partial charge >= 0.3 is 11.8 Å². The van der Waals surface area contributed by atoms with Crippen LogP contribution in [0, 0.1) is 0 Å². The van der Waals surface area contributed by atoms with Crippen molar-refractivity contribution in [2.75, 3.05) is 13.1 Å². The summed E-state index contributed by atoms with van der Waals surface area (Å²) in [6.07, 6.45) is 0.696. The molecule has 9 heteroatoms. The van der Waals surface area contributed by atoms with Crippen molar-refractivity contribution in [3.8, 4) is 0 Å². The van der Waals surface area contributed by atoms with Crippen molar-refractivity contribution in [1.29, 1.82) is 0 Å². The van der Waals surface area contributed by atoms with Crippen LogP contribution >= 0.6 is 22.9 Å². The van der Waals surface area contributed by atoms with Crippen molar-refractivity contribution in [3.05, 3.63) is 51.7 Å². The fourth-order valence-corrected chi connectivity index (χ4v) is 5.12. The molecule has 0 saturated heterocycles. The molecule has 0 unspecified atom stereocenters. The van der Waals surface area contributed by atoms with Gasteiger partial charge in [-0.1, -0.05) is 24.6 Å². The summed E-state index contributed by atoms with van der Waals surface area (Å²) in [5.74, 6) is -1.63. The maximum Gasteiger partial charge on any atom is 0.309 e. The minimum absolute atomic E-state index is 0.102. The first kappa shape index (κ1) is 20.4. The van der Waals surface area contributed by atoms with Crippen molar-refractivity contribution in [3.63, 3.8) is 0 Å². The second-order valence-electron chi connectivity index (χ2n) is 5.47. The first-order valence-electron chi connectivity index (χ1n) is 7.95. The summed E-state index contributed by atoms with van der Waals surface area (Å²) in [4.78, 5) is 24.3. The number of amides is 2. The first-order valence-corrected chi connectivity index (χ1v) is 10.8. The smallest absolute Gasteiger partial charge is 0.309 e. The molecule has 0 aliphatic heterocycles. The summed E-state index contributed by atoms with van der Waals surface area (Å²) >= 11 is 7.10. The number of rotatable bonds is 7.